The summed E-state index contributed by atoms with van der Waals surface area (Å²) in [6.45, 7) is 3.03. The van der Waals surface area contributed by atoms with E-state index in [0.717, 1.165) is 41.5 Å². The minimum Gasteiger partial charge on any atom is -0.341 e. The smallest absolute Gasteiger partial charge is 0.263 e. The van der Waals surface area contributed by atoms with Gasteiger partial charge in [0, 0.05) is 25.0 Å². The van der Waals surface area contributed by atoms with Crippen molar-refractivity contribution in [3.05, 3.63) is 56.4 Å². The van der Waals surface area contributed by atoms with Crippen molar-refractivity contribution in [1.82, 2.24) is 14.5 Å². The van der Waals surface area contributed by atoms with Gasteiger partial charge in [0.1, 0.15) is 10.6 Å². The topological polar surface area (TPSA) is 55.2 Å². The Labute approximate surface area is 182 Å². The molecule has 0 spiro atoms. The van der Waals surface area contributed by atoms with Crippen LogP contribution >= 0.6 is 23.1 Å². The molecule has 0 N–H and O–H groups in total. The van der Waals surface area contributed by atoms with Crippen molar-refractivity contribution in [2.24, 2.45) is 0 Å². The third-order valence-corrected chi connectivity index (χ3v) is 7.47. The number of benzene rings is 1. The molecule has 1 aromatic carbocycles. The molecule has 158 valence electrons. The third kappa shape index (κ3) is 4.16. The predicted molar refractivity (Wildman–Crippen MR) is 120 cm³/mol. The van der Waals surface area contributed by atoms with Crippen LogP contribution in [0.2, 0.25) is 0 Å². The van der Waals surface area contributed by atoms with Crippen LogP contribution in [-0.4, -0.2) is 33.2 Å². The van der Waals surface area contributed by atoms with E-state index >= 15 is 0 Å². The van der Waals surface area contributed by atoms with Gasteiger partial charge in [0.05, 0.1) is 11.1 Å². The van der Waals surface area contributed by atoms with Crippen LogP contribution in [0.1, 0.15) is 35.8 Å². The molecule has 0 saturated heterocycles. The van der Waals surface area contributed by atoms with Crippen molar-refractivity contribution in [3.63, 3.8) is 0 Å². The third-order valence-electron chi connectivity index (χ3n) is 5.32. The maximum atomic E-state index is 13.2. The molecular weight excluding hydrogens is 421 g/mol. The molecule has 0 saturated carbocycles. The number of aryl methyl sites for hydroxylation is 2. The van der Waals surface area contributed by atoms with E-state index in [2.05, 4.69) is 0 Å². The molecule has 5 nitrogen and oxygen atoms in total. The Morgan fingerprint density at radius 1 is 1.30 bits per heavy atom. The molecular formula is C22H24FN3O2S2. The lowest BCUT2D eigenvalue weighted by atomic mass is 10.2. The van der Waals surface area contributed by atoms with Crippen molar-refractivity contribution < 1.29 is 9.18 Å². The molecule has 0 bridgehead atoms. The number of carbonyl (C=O) groups excluding carboxylic acids is 1. The van der Waals surface area contributed by atoms with Crippen LogP contribution in [0, 0.1) is 5.82 Å². The number of thioether (sulfide) groups is 1. The minimum absolute atomic E-state index is 0.0239. The summed E-state index contributed by atoms with van der Waals surface area (Å²) in [5, 5.41) is 1.39. The normalized spacial score (nSPS) is 13.0. The number of fused-ring (bicyclic) bond motifs is 3. The second-order valence-electron chi connectivity index (χ2n) is 7.55. The van der Waals surface area contributed by atoms with E-state index in [1.165, 1.54) is 34.3 Å². The first kappa shape index (κ1) is 21.1. The Morgan fingerprint density at radius 2 is 2.07 bits per heavy atom. The van der Waals surface area contributed by atoms with E-state index in [1.807, 2.05) is 6.92 Å². The van der Waals surface area contributed by atoms with Gasteiger partial charge in [-0.05, 0) is 48.9 Å². The highest BCUT2D eigenvalue weighted by atomic mass is 32.2. The molecule has 1 amide bonds. The van der Waals surface area contributed by atoms with Crippen LogP contribution < -0.4 is 5.56 Å². The van der Waals surface area contributed by atoms with Crippen LogP contribution in [0.3, 0.4) is 0 Å². The first-order valence-electron chi connectivity index (χ1n) is 10.1. The molecule has 0 radical (unpaired) electrons. The van der Waals surface area contributed by atoms with E-state index in [9.17, 15) is 14.0 Å². The highest BCUT2D eigenvalue weighted by Gasteiger charge is 2.23. The van der Waals surface area contributed by atoms with Gasteiger partial charge in [-0.25, -0.2) is 9.37 Å². The van der Waals surface area contributed by atoms with Gasteiger partial charge in [0.2, 0.25) is 5.91 Å². The van der Waals surface area contributed by atoms with E-state index in [-0.39, 0.29) is 23.0 Å². The van der Waals surface area contributed by atoms with Crippen LogP contribution in [0.4, 0.5) is 4.39 Å². The molecule has 0 fully saturated rings. The first-order chi connectivity index (χ1) is 14.5. The molecule has 1 aliphatic rings. The number of amides is 1. The fourth-order valence-electron chi connectivity index (χ4n) is 3.78. The van der Waals surface area contributed by atoms with Gasteiger partial charge in [-0.15, -0.1) is 11.3 Å². The lowest BCUT2D eigenvalue weighted by Gasteiger charge is -2.18. The molecule has 0 aliphatic heterocycles. The molecule has 30 heavy (non-hydrogen) atoms. The first-order valence-corrected chi connectivity index (χ1v) is 11.9. The maximum absolute atomic E-state index is 13.2. The Hall–Kier alpha value is -2.19. The number of carbonyl (C=O) groups is 1. The lowest BCUT2D eigenvalue weighted by molar-refractivity contribution is -0.127. The summed E-state index contributed by atoms with van der Waals surface area (Å²) in [6.07, 6.45) is 3.91. The van der Waals surface area contributed by atoms with Gasteiger partial charge in [-0.2, -0.15) is 0 Å². The summed E-state index contributed by atoms with van der Waals surface area (Å²) in [5.74, 6) is -0.154. The fourth-order valence-corrected chi connectivity index (χ4v) is 6.05. The SMILES string of the molecule is CCCn1c(SCC(=O)N(C)Cc2ccc(F)cc2)nc2sc3c(c2c1=O)CCC3. The van der Waals surface area contributed by atoms with Gasteiger partial charge < -0.3 is 4.90 Å². The molecule has 2 aromatic heterocycles. The number of halogens is 1. The fraction of sp³-hybridized carbons (Fsp3) is 0.409. The van der Waals surface area contributed by atoms with Crippen LogP contribution in [0.15, 0.2) is 34.2 Å². The average Bonchev–Trinajstić information content (AvgIpc) is 3.31. The standard InChI is InChI=1S/C22H24FN3O2S2/c1-3-11-26-21(28)19-16-5-4-6-17(16)30-20(19)24-22(26)29-13-18(27)25(2)12-14-7-9-15(23)10-8-14/h7-10H,3-6,11-13H2,1-2H3. The Balaban J connectivity index is 1.52. The van der Waals surface area contributed by atoms with E-state index in [4.69, 9.17) is 4.98 Å². The molecule has 4 rings (SSSR count). The zero-order valence-electron chi connectivity index (χ0n) is 17.1. The zero-order chi connectivity index (χ0) is 21.3. The molecule has 2 heterocycles. The average molecular weight is 446 g/mol. The molecule has 0 atom stereocenters. The number of thiophene rings is 1. The quantitative estimate of drug-likeness (QED) is 0.403. The van der Waals surface area contributed by atoms with E-state index in [1.54, 1.807) is 40.0 Å². The second-order valence-corrected chi connectivity index (χ2v) is 9.58. The van der Waals surface area contributed by atoms with Gasteiger partial charge in [0.25, 0.3) is 5.56 Å². The van der Waals surface area contributed by atoms with E-state index in [0.29, 0.717) is 18.2 Å². The van der Waals surface area contributed by atoms with Crippen molar-refractivity contribution in [2.75, 3.05) is 12.8 Å². The van der Waals surface area contributed by atoms with Gasteiger partial charge in [-0.3, -0.25) is 14.2 Å². The van der Waals surface area contributed by atoms with Gasteiger partial charge in [-0.1, -0.05) is 30.8 Å². The number of hydrogen-bond donors (Lipinski definition) is 0. The van der Waals surface area contributed by atoms with Crippen molar-refractivity contribution in [3.8, 4) is 0 Å². The number of hydrogen-bond acceptors (Lipinski definition) is 5. The number of nitrogens with zero attached hydrogens (tertiary/aromatic N) is 3. The van der Waals surface area contributed by atoms with Gasteiger partial charge >= 0.3 is 0 Å². The van der Waals surface area contributed by atoms with Crippen molar-refractivity contribution in [2.45, 2.75) is 50.9 Å². The lowest BCUT2D eigenvalue weighted by Crippen LogP contribution is -2.29. The largest absolute Gasteiger partial charge is 0.341 e. The number of aromatic nitrogens is 2. The summed E-state index contributed by atoms with van der Waals surface area (Å²) >= 11 is 2.93. The van der Waals surface area contributed by atoms with Crippen molar-refractivity contribution >= 4 is 39.2 Å². The molecule has 3 aromatic rings. The molecule has 1 aliphatic carbocycles. The summed E-state index contributed by atoms with van der Waals surface area (Å²) in [5.41, 5.74) is 2.08. The van der Waals surface area contributed by atoms with Crippen molar-refractivity contribution in [1.29, 1.82) is 0 Å². The molecule has 8 heteroatoms. The highest BCUT2D eigenvalue weighted by Crippen LogP contribution is 2.35. The van der Waals surface area contributed by atoms with Gasteiger partial charge in [0.15, 0.2) is 5.16 Å². The second kappa shape index (κ2) is 8.89. The number of rotatable bonds is 7. The van der Waals surface area contributed by atoms with Crippen LogP contribution in [0.25, 0.3) is 10.2 Å². The summed E-state index contributed by atoms with van der Waals surface area (Å²) < 4.78 is 14.8. The molecule has 0 unspecified atom stereocenters. The zero-order valence-corrected chi connectivity index (χ0v) is 18.7. The predicted octanol–water partition coefficient (Wildman–Crippen LogP) is 4.25. The Kier molecular flexibility index (Phi) is 6.24. The Morgan fingerprint density at radius 3 is 2.80 bits per heavy atom. The van der Waals surface area contributed by atoms with E-state index < -0.39 is 0 Å². The highest BCUT2D eigenvalue weighted by molar-refractivity contribution is 7.99. The maximum Gasteiger partial charge on any atom is 0.263 e. The Bertz CT molecular complexity index is 1140. The summed E-state index contributed by atoms with van der Waals surface area (Å²) in [4.78, 5) is 34.3. The monoisotopic (exact) mass is 445 g/mol. The summed E-state index contributed by atoms with van der Waals surface area (Å²) in [6, 6.07) is 6.14. The summed E-state index contributed by atoms with van der Waals surface area (Å²) in [7, 11) is 1.73. The minimum atomic E-state index is -0.293. The van der Waals surface area contributed by atoms with Crippen LogP contribution in [0.5, 0.6) is 0 Å². The van der Waals surface area contributed by atoms with Crippen LogP contribution in [-0.2, 0) is 30.7 Å².